The minimum atomic E-state index is -0.272. The highest BCUT2D eigenvalue weighted by molar-refractivity contribution is 7.13. The van der Waals surface area contributed by atoms with Crippen LogP contribution in [0.3, 0.4) is 0 Å². The van der Waals surface area contributed by atoms with Gasteiger partial charge in [0.05, 0.1) is 5.69 Å². The first-order valence-corrected chi connectivity index (χ1v) is 6.61. The molecule has 0 bridgehead atoms. The van der Waals surface area contributed by atoms with Gasteiger partial charge in [0, 0.05) is 26.0 Å². The first-order chi connectivity index (χ1) is 8.93. The molecular formula is C12H18N4O2S. The van der Waals surface area contributed by atoms with E-state index in [1.807, 2.05) is 12.3 Å². The van der Waals surface area contributed by atoms with Gasteiger partial charge in [0.2, 0.25) is 5.91 Å². The molecule has 0 fully saturated rings. The molecule has 1 rings (SSSR count). The molecule has 1 aromatic heterocycles. The van der Waals surface area contributed by atoms with Crippen LogP contribution in [0, 0.1) is 6.92 Å². The maximum Gasteiger partial charge on any atom is 0.320 e. The van der Waals surface area contributed by atoms with Crippen LogP contribution in [0.5, 0.6) is 0 Å². The monoisotopic (exact) mass is 282 g/mol. The molecule has 104 valence electrons. The molecule has 0 aliphatic rings. The van der Waals surface area contributed by atoms with E-state index >= 15 is 0 Å². The summed E-state index contributed by atoms with van der Waals surface area (Å²) in [5.41, 5.74) is 0.854. The summed E-state index contributed by atoms with van der Waals surface area (Å²) in [4.78, 5) is 30.6. The van der Waals surface area contributed by atoms with E-state index in [0.29, 0.717) is 11.7 Å². The fraction of sp³-hybridized carbons (Fsp3) is 0.417. The summed E-state index contributed by atoms with van der Waals surface area (Å²) >= 11 is 1.36. The highest BCUT2D eigenvalue weighted by atomic mass is 32.1. The van der Waals surface area contributed by atoms with E-state index < -0.39 is 0 Å². The zero-order valence-electron chi connectivity index (χ0n) is 11.3. The lowest BCUT2D eigenvalue weighted by atomic mass is 10.4. The molecule has 1 heterocycles. The second-order valence-electron chi connectivity index (χ2n) is 4.19. The van der Waals surface area contributed by atoms with Crippen molar-refractivity contribution in [1.82, 2.24) is 14.8 Å². The van der Waals surface area contributed by atoms with Gasteiger partial charge in [0.25, 0.3) is 0 Å². The van der Waals surface area contributed by atoms with E-state index in [-0.39, 0.29) is 18.5 Å². The Labute approximate surface area is 116 Å². The number of thiazole rings is 1. The van der Waals surface area contributed by atoms with Gasteiger partial charge in [0.15, 0.2) is 5.13 Å². The molecule has 1 aromatic rings. The van der Waals surface area contributed by atoms with Crippen molar-refractivity contribution in [3.63, 3.8) is 0 Å². The third-order valence-electron chi connectivity index (χ3n) is 2.20. The average molecular weight is 282 g/mol. The van der Waals surface area contributed by atoms with Crippen molar-refractivity contribution in [3.05, 3.63) is 23.7 Å². The van der Waals surface area contributed by atoms with Crippen molar-refractivity contribution >= 4 is 28.4 Å². The summed E-state index contributed by atoms with van der Waals surface area (Å²) in [5.74, 6) is -0.272. The van der Waals surface area contributed by atoms with Gasteiger partial charge in [-0.25, -0.2) is 9.78 Å². The summed E-state index contributed by atoms with van der Waals surface area (Å²) in [7, 11) is 3.28. The third-order valence-corrected chi connectivity index (χ3v) is 3.08. The van der Waals surface area contributed by atoms with Crippen molar-refractivity contribution < 1.29 is 9.59 Å². The zero-order valence-corrected chi connectivity index (χ0v) is 12.2. The largest absolute Gasteiger partial charge is 0.331 e. The lowest BCUT2D eigenvalue weighted by Crippen LogP contribution is -2.43. The summed E-state index contributed by atoms with van der Waals surface area (Å²) < 4.78 is 0. The van der Waals surface area contributed by atoms with Gasteiger partial charge in [-0.05, 0) is 6.92 Å². The van der Waals surface area contributed by atoms with Crippen molar-refractivity contribution in [3.8, 4) is 0 Å². The SMILES string of the molecule is C=CCN(CC(=O)Nc1nc(C)cs1)C(=O)N(C)C. The normalized spacial score (nSPS) is 9.84. The Morgan fingerprint density at radius 2 is 2.21 bits per heavy atom. The van der Waals surface area contributed by atoms with Crippen LogP contribution in [0.15, 0.2) is 18.0 Å². The Hall–Kier alpha value is -1.89. The Morgan fingerprint density at radius 3 is 2.68 bits per heavy atom. The van der Waals surface area contributed by atoms with Crippen molar-refractivity contribution in [2.24, 2.45) is 0 Å². The van der Waals surface area contributed by atoms with E-state index in [0.717, 1.165) is 5.69 Å². The van der Waals surface area contributed by atoms with Crippen LogP contribution in [0.25, 0.3) is 0 Å². The number of nitrogens with zero attached hydrogens (tertiary/aromatic N) is 3. The number of rotatable bonds is 5. The standard InChI is InChI=1S/C12H18N4O2S/c1-5-6-16(12(18)15(3)4)7-10(17)14-11-13-9(2)8-19-11/h5,8H,1,6-7H2,2-4H3,(H,13,14,17). The number of aryl methyl sites for hydroxylation is 1. The van der Waals surface area contributed by atoms with Crippen LogP contribution in [0.2, 0.25) is 0 Å². The lowest BCUT2D eigenvalue weighted by molar-refractivity contribution is -0.116. The van der Waals surface area contributed by atoms with E-state index in [1.165, 1.54) is 21.1 Å². The molecule has 0 atom stereocenters. The Bertz CT molecular complexity index is 470. The minimum Gasteiger partial charge on any atom is -0.331 e. The van der Waals surface area contributed by atoms with Crippen molar-refractivity contribution in [1.29, 1.82) is 0 Å². The van der Waals surface area contributed by atoms with Gasteiger partial charge in [-0.15, -0.1) is 17.9 Å². The number of carbonyl (C=O) groups excluding carboxylic acids is 2. The Morgan fingerprint density at radius 1 is 1.53 bits per heavy atom. The number of nitrogens with one attached hydrogen (secondary N) is 1. The molecule has 0 unspecified atom stereocenters. The molecule has 6 nitrogen and oxygen atoms in total. The predicted octanol–water partition coefficient (Wildman–Crippen LogP) is 1.56. The van der Waals surface area contributed by atoms with Crippen LogP contribution in [-0.4, -0.2) is 53.9 Å². The Kier molecular flexibility index (Phi) is 5.50. The van der Waals surface area contributed by atoms with Gasteiger partial charge in [0.1, 0.15) is 6.54 Å². The highest BCUT2D eigenvalue weighted by Gasteiger charge is 2.18. The summed E-state index contributed by atoms with van der Waals surface area (Å²) in [6.07, 6.45) is 1.59. The highest BCUT2D eigenvalue weighted by Crippen LogP contribution is 2.14. The van der Waals surface area contributed by atoms with Crippen LogP contribution in [-0.2, 0) is 4.79 Å². The molecule has 0 radical (unpaired) electrons. The molecule has 19 heavy (non-hydrogen) atoms. The molecule has 0 aromatic carbocycles. The quantitative estimate of drug-likeness (QED) is 0.833. The lowest BCUT2D eigenvalue weighted by Gasteiger charge is -2.24. The second-order valence-corrected chi connectivity index (χ2v) is 5.05. The van der Waals surface area contributed by atoms with Crippen LogP contribution >= 0.6 is 11.3 Å². The zero-order chi connectivity index (χ0) is 14.4. The third kappa shape index (κ3) is 4.70. The molecular weight excluding hydrogens is 264 g/mol. The molecule has 0 saturated heterocycles. The number of amides is 3. The molecule has 7 heteroatoms. The number of hydrogen-bond donors (Lipinski definition) is 1. The molecule has 0 saturated carbocycles. The van der Waals surface area contributed by atoms with Crippen LogP contribution in [0.1, 0.15) is 5.69 Å². The van der Waals surface area contributed by atoms with Crippen molar-refractivity contribution in [2.75, 3.05) is 32.5 Å². The fourth-order valence-corrected chi connectivity index (χ4v) is 2.10. The van der Waals surface area contributed by atoms with E-state index in [9.17, 15) is 9.59 Å². The van der Waals surface area contributed by atoms with E-state index in [4.69, 9.17) is 0 Å². The van der Waals surface area contributed by atoms with Gasteiger partial charge >= 0.3 is 6.03 Å². The fourth-order valence-electron chi connectivity index (χ4n) is 1.39. The Balaban J connectivity index is 2.61. The summed E-state index contributed by atoms with van der Waals surface area (Å²) in [6.45, 7) is 5.73. The number of anilines is 1. The molecule has 0 aliphatic heterocycles. The van der Waals surface area contributed by atoms with E-state index in [2.05, 4.69) is 16.9 Å². The topological polar surface area (TPSA) is 65.5 Å². The summed E-state index contributed by atoms with van der Waals surface area (Å²) in [5, 5.41) is 5.06. The van der Waals surface area contributed by atoms with Gasteiger partial charge in [-0.3, -0.25) is 4.79 Å². The first-order valence-electron chi connectivity index (χ1n) is 5.73. The predicted molar refractivity (Wildman–Crippen MR) is 76.3 cm³/mol. The molecule has 0 spiro atoms. The number of aromatic nitrogens is 1. The smallest absolute Gasteiger partial charge is 0.320 e. The van der Waals surface area contributed by atoms with Crippen LogP contribution in [0.4, 0.5) is 9.93 Å². The maximum atomic E-state index is 11.8. The number of carbonyl (C=O) groups is 2. The van der Waals surface area contributed by atoms with Crippen LogP contribution < -0.4 is 5.32 Å². The number of urea groups is 1. The van der Waals surface area contributed by atoms with Crippen molar-refractivity contribution in [2.45, 2.75) is 6.92 Å². The van der Waals surface area contributed by atoms with Gasteiger partial charge < -0.3 is 15.1 Å². The maximum absolute atomic E-state index is 11.8. The second kappa shape index (κ2) is 6.89. The minimum absolute atomic E-state index is 0.0261. The molecule has 0 aliphatic carbocycles. The van der Waals surface area contributed by atoms with E-state index in [1.54, 1.807) is 20.2 Å². The van der Waals surface area contributed by atoms with Gasteiger partial charge in [-0.2, -0.15) is 0 Å². The molecule has 1 N–H and O–H groups in total. The number of hydrogen-bond acceptors (Lipinski definition) is 4. The van der Waals surface area contributed by atoms with Gasteiger partial charge in [-0.1, -0.05) is 6.08 Å². The first kappa shape index (κ1) is 15.2. The average Bonchev–Trinajstić information content (AvgIpc) is 2.73. The summed E-state index contributed by atoms with van der Waals surface area (Å²) in [6, 6.07) is -0.231. The molecule has 3 amide bonds.